The number of piperidine rings is 1. The van der Waals surface area contributed by atoms with Crippen LogP contribution in [0.4, 0.5) is 10.1 Å². The Hall–Kier alpha value is -1.94. The predicted molar refractivity (Wildman–Crippen MR) is 89.9 cm³/mol. The summed E-state index contributed by atoms with van der Waals surface area (Å²) in [6, 6.07) is 12.0. The molecule has 0 amide bonds. The van der Waals surface area contributed by atoms with Crippen molar-refractivity contribution in [3.63, 3.8) is 0 Å². The molecule has 122 valence electrons. The van der Waals surface area contributed by atoms with E-state index in [0.29, 0.717) is 11.6 Å². The number of anilines is 1. The SMILES string of the molecule is O[C@H](CCc1ccccc1)C1CCN(c2ccncc2F)CC1. The Morgan fingerprint density at radius 3 is 2.61 bits per heavy atom. The molecule has 2 heterocycles. The zero-order valence-corrected chi connectivity index (χ0v) is 13.2. The first kappa shape index (κ1) is 15.9. The van der Waals surface area contributed by atoms with E-state index in [1.165, 1.54) is 11.8 Å². The Balaban J connectivity index is 1.49. The van der Waals surface area contributed by atoms with E-state index in [1.807, 2.05) is 18.2 Å². The number of aryl methyl sites for hydroxylation is 1. The molecule has 1 atom stereocenters. The average molecular weight is 314 g/mol. The van der Waals surface area contributed by atoms with Crippen molar-refractivity contribution in [1.82, 2.24) is 4.98 Å². The topological polar surface area (TPSA) is 36.4 Å². The van der Waals surface area contributed by atoms with Gasteiger partial charge in [0.15, 0.2) is 5.82 Å². The molecule has 3 nitrogen and oxygen atoms in total. The molecule has 1 aromatic heterocycles. The van der Waals surface area contributed by atoms with Crippen LogP contribution < -0.4 is 4.90 Å². The Bertz CT molecular complexity index is 612. The van der Waals surface area contributed by atoms with E-state index in [0.717, 1.165) is 38.8 Å². The van der Waals surface area contributed by atoms with Gasteiger partial charge in [-0.05, 0) is 43.2 Å². The molecule has 23 heavy (non-hydrogen) atoms. The van der Waals surface area contributed by atoms with Crippen molar-refractivity contribution in [2.45, 2.75) is 31.8 Å². The highest BCUT2D eigenvalue weighted by molar-refractivity contribution is 5.46. The Morgan fingerprint density at radius 1 is 1.17 bits per heavy atom. The number of hydrogen-bond acceptors (Lipinski definition) is 3. The van der Waals surface area contributed by atoms with Gasteiger partial charge in [0.05, 0.1) is 18.0 Å². The molecule has 0 bridgehead atoms. The van der Waals surface area contributed by atoms with Crippen LogP contribution in [0.1, 0.15) is 24.8 Å². The van der Waals surface area contributed by atoms with Crippen LogP contribution in [0.25, 0.3) is 0 Å². The van der Waals surface area contributed by atoms with Gasteiger partial charge < -0.3 is 10.0 Å². The minimum absolute atomic E-state index is 0.268. The van der Waals surface area contributed by atoms with Gasteiger partial charge in [0, 0.05) is 19.3 Å². The molecule has 4 heteroatoms. The summed E-state index contributed by atoms with van der Waals surface area (Å²) < 4.78 is 13.8. The Kier molecular flexibility index (Phi) is 5.23. The van der Waals surface area contributed by atoms with Gasteiger partial charge >= 0.3 is 0 Å². The molecule has 1 aromatic carbocycles. The summed E-state index contributed by atoms with van der Waals surface area (Å²) >= 11 is 0. The number of rotatable bonds is 5. The third kappa shape index (κ3) is 4.08. The fourth-order valence-electron chi connectivity index (χ4n) is 3.34. The summed E-state index contributed by atoms with van der Waals surface area (Å²) in [6.07, 6.45) is 6.10. The molecule has 0 aliphatic carbocycles. The number of nitrogens with zero attached hydrogens (tertiary/aromatic N) is 2. The van der Waals surface area contributed by atoms with E-state index >= 15 is 0 Å². The van der Waals surface area contributed by atoms with Crippen molar-refractivity contribution in [1.29, 1.82) is 0 Å². The summed E-state index contributed by atoms with van der Waals surface area (Å²) in [5.41, 5.74) is 1.89. The molecule has 3 rings (SSSR count). The molecule has 1 fully saturated rings. The maximum atomic E-state index is 13.8. The number of hydrogen-bond donors (Lipinski definition) is 1. The summed E-state index contributed by atoms with van der Waals surface area (Å²) in [7, 11) is 0. The van der Waals surface area contributed by atoms with Gasteiger partial charge in [0.1, 0.15) is 0 Å². The van der Waals surface area contributed by atoms with Crippen LogP contribution in [-0.2, 0) is 6.42 Å². The Labute approximate surface area is 136 Å². The zero-order chi connectivity index (χ0) is 16.1. The van der Waals surface area contributed by atoms with Crippen LogP contribution >= 0.6 is 0 Å². The summed E-state index contributed by atoms with van der Waals surface area (Å²) in [6.45, 7) is 1.57. The summed E-state index contributed by atoms with van der Waals surface area (Å²) in [5.74, 6) is 0.0374. The second-order valence-electron chi connectivity index (χ2n) is 6.24. The van der Waals surface area contributed by atoms with Gasteiger partial charge in [0.2, 0.25) is 0 Å². The number of aliphatic hydroxyl groups excluding tert-OH is 1. The third-order valence-corrected chi connectivity index (χ3v) is 4.75. The van der Waals surface area contributed by atoms with E-state index in [-0.39, 0.29) is 11.9 Å². The van der Waals surface area contributed by atoms with Crippen LogP contribution in [0.15, 0.2) is 48.8 Å². The molecule has 1 aliphatic heterocycles. The van der Waals surface area contributed by atoms with Gasteiger partial charge in [-0.2, -0.15) is 0 Å². The number of halogens is 1. The molecular weight excluding hydrogens is 291 g/mol. The lowest BCUT2D eigenvalue weighted by Crippen LogP contribution is -2.38. The quantitative estimate of drug-likeness (QED) is 0.918. The molecule has 2 aromatic rings. The van der Waals surface area contributed by atoms with Crippen molar-refractivity contribution >= 4 is 5.69 Å². The van der Waals surface area contributed by atoms with Crippen LogP contribution in [0.5, 0.6) is 0 Å². The van der Waals surface area contributed by atoms with Crippen molar-refractivity contribution in [2.75, 3.05) is 18.0 Å². The van der Waals surface area contributed by atoms with Crippen molar-refractivity contribution in [3.05, 3.63) is 60.2 Å². The number of aromatic nitrogens is 1. The van der Waals surface area contributed by atoms with Gasteiger partial charge in [-0.25, -0.2) is 4.39 Å². The van der Waals surface area contributed by atoms with Crippen LogP contribution in [0.3, 0.4) is 0 Å². The monoisotopic (exact) mass is 314 g/mol. The standard InChI is InChI=1S/C19H23FN2O/c20-17-14-21-11-8-18(17)22-12-9-16(10-13-22)19(23)7-6-15-4-2-1-3-5-15/h1-5,8,11,14,16,19,23H,6-7,9-10,12-13H2/t19-/m1/s1. The van der Waals surface area contributed by atoms with Crippen LogP contribution in [-0.4, -0.2) is 29.3 Å². The van der Waals surface area contributed by atoms with Gasteiger partial charge in [0.25, 0.3) is 0 Å². The molecule has 0 radical (unpaired) electrons. The fourth-order valence-corrected chi connectivity index (χ4v) is 3.34. The fraction of sp³-hybridized carbons (Fsp3) is 0.421. The summed E-state index contributed by atoms with van der Waals surface area (Å²) in [5, 5.41) is 10.4. The van der Waals surface area contributed by atoms with E-state index in [2.05, 4.69) is 22.0 Å². The smallest absolute Gasteiger partial charge is 0.164 e. The molecule has 0 saturated carbocycles. The van der Waals surface area contributed by atoms with Crippen molar-refractivity contribution in [2.24, 2.45) is 5.92 Å². The number of benzene rings is 1. The molecular formula is C19H23FN2O. The highest BCUT2D eigenvalue weighted by atomic mass is 19.1. The second kappa shape index (κ2) is 7.55. The highest BCUT2D eigenvalue weighted by Crippen LogP contribution is 2.28. The van der Waals surface area contributed by atoms with E-state index < -0.39 is 0 Å². The minimum Gasteiger partial charge on any atom is -0.393 e. The molecule has 1 N–H and O–H groups in total. The lowest BCUT2D eigenvalue weighted by atomic mass is 9.88. The third-order valence-electron chi connectivity index (χ3n) is 4.75. The van der Waals surface area contributed by atoms with Gasteiger partial charge in [-0.1, -0.05) is 30.3 Å². The Morgan fingerprint density at radius 2 is 1.91 bits per heavy atom. The van der Waals surface area contributed by atoms with Gasteiger partial charge in [-0.15, -0.1) is 0 Å². The molecule has 1 saturated heterocycles. The normalized spacial score (nSPS) is 17.2. The first-order valence-corrected chi connectivity index (χ1v) is 8.30. The first-order valence-electron chi connectivity index (χ1n) is 8.30. The summed E-state index contributed by atoms with van der Waals surface area (Å²) in [4.78, 5) is 5.85. The van der Waals surface area contributed by atoms with Crippen LogP contribution in [0.2, 0.25) is 0 Å². The zero-order valence-electron chi connectivity index (χ0n) is 13.2. The van der Waals surface area contributed by atoms with E-state index in [4.69, 9.17) is 0 Å². The number of pyridine rings is 1. The van der Waals surface area contributed by atoms with Crippen molar-refractivity contribution < 1.29 is 9.50 Å². The predicted octanol–water partition coefficient (Wildman–Crippen LogP) is 3.43. The van der Waals surface area contributed by atoms with Crippen LogP contribution in [0, 0.1) is 11.7 Å². The lowest BCUT2D eigenvalue weighted by Gasteiger charge is -2.35. The lowest BCUT2D eigenvalue weighted by molar-refractivity contribution is 0.0850. The maximum absolute atomic E-state index is 13.8. The second-order valence-corrected chi connectivity index (χ2v) is 6.24. The van der Waals surface area contributed by atoms with Crippen molar-refractivity contribution in [3.8, 4) is 0 Å². The average Bonchev–Trinajstić information content (AvgIpc) is 2.61. The molecule has 0 unspecified atom stereocenters. The maximum Gasteiger partial charge on any atom is 0.164 e. The number of aliphatic hydroxyl groups is 1. The van der Waals surface area contributed by atoms with E-state index in [1.54, 1.807) is 12.3 Å². The highest BCUT2D eigenvalue weighted by Gasteiger charge is 2.26. The van der Waals surface area contributed by atoms with E-state index in [9.17, 15) is 9.50 Å². The first-order chi connectivity index (χ1) is 11.2. The van der Waals surface area contributed by atoms with Gasteiger partial charge in [-0.3, -0.25) is 4.98 Å². The molecule has 0 spiro atoms. The largest absolute Gasteiger partial charge is 0.393 e. The molecule has 1 aliphatic rings. The minimum atomic E-state index is -0.278.